The van der Waals surface area contributed by atoms with Crippen molar-refractivity contribution in [3.05, 3.63) is 0 Å². The summed E-state index contributed by atoms with van der Waals surface area (Å²) in [4.78, 5) is 11.3. The summed E-state index contributed by atoms with van der Waals surface area (Å²) in [6.07, 6.45) is 2.61. The van der Waals surface area contributed by atoms with E-state index >= 15 is 0 Å². The number of hydrogen-bond donors (Lipinski definition) is 1. The molecule has 1 aliphatic heterocycles. The van der Waals surface area contributed by atoms with E-state index in [2.05, 4.69) is 5.32 Å². The molecule has 2 unspecified atom stereocenters. The molecule has 1 rings (SSSR count). The Morgan fingerprint density at radius 2 is 2.47 bits per heavy atom. The van der Waals surface area contributed by atoms with Gasteiger partial charge in [0.25, 0.3) is 0 Å². The molecule has 15 heavy (non-hydrogen) atoms. The summed E-state index contributed by atoms with van der Waals surface area (Å²) in [5.41, 5.74) is 0. The molecule has 0 aromatic carbocycles. The van der Waals surface area contributed by atoms with Crippen molar-refractivity contribution >= 4 is 5.97 Å². The maximum Gasteiger partial charge on any atom is 0.309 e. The van der Waals surface area contributed by atoms with Gasteiger partial charge in [-0.25, -0.2) is 0 Å². The predicted molar refractivity (Wildman–Crippen MR) is 57.6 cm³/mol. The molecule has 1 N–H and O–H groups in total. The summed E-state index contributed by atoms with van der Waals surface area (Å²) in [6, 6.07) is 0. The van der Waals surface area contributed by atoms with Gasteiger partial charge in [0.2, 0.25) is 0 Å². The smallest absolute Gasteiger partial charge is 0.309 e. The van der Waals surface area contributed by atoms with E-state index in [1.165, 1.54) is 0 Å². The van der Waals surface area contributed by atoms with E-state index in [4.69, 9.17) is 9.47 Å². The maximum absolute atomic E-state index is 11.3. The first kappa shape index (κ1) is 12.5. The largest absolute Gasteiger partial charge is 0.466 e. The van der Waals surface area contributed by atoms with Gasteiger partial charge >= 0.3 is 5.97 Å². The van der Waals surface area contributed by atoms with E-state index < -0.39 is 0 Å². The lowest BCUT2D eigenvalue weighted by molar-refractivity contribution is -0.147. The number of esters is 1. The van der Waals surface area contributed by atoms with Gasteiger partial charge in [-0.05, 0) is 19.8 Å². The van der Waals surface area contributed by atoms with E-state index in [9.17, 15) is 4.79 Å². The molecule has 4 nitrogen and oxygen atoms in total. The van der Waals surface area contributed by atoms with Crippen LogP contribution in [0.5, 0.6) is 0 Å². The van der Waals surface area contributed by atoms with Gasteiger partial charge in [-0.15, -0.1) is 0 Å². The average molecular weight is 215 g/mol. The number of hydrogen-bond acceptors (Lipinski definition) is 4. The molecule has 0 radical (unpaired) electrons. The zero-order valence-corrected chi connectivity index (χ0v) is 9.62. The molecule has 1 fully saturated rings. The van der Waals surface area contributed by atoms with Gasteiger partial charge < -0.3 is 14.8 Å². The highest BCUT2D eigenvalue weighted by atomic mass is 16.5. The quantitative estimate of drug-likeness (QED) is 0.670. The summed E-state index contributed by atoms with van der Waals surface area (Å²) in [7, 11) is 0. The molecule has 0 amide bonds. The molecule has 1 heterocycles. The second-order valence-corrected chi connectivity index (χ2v) is 3.95. The highest BCUT2D eigenvalue weighted by Gasteiger charge is 2.17. The maximum atomic E-state index is 11.3. The van der Waals surface area contributed by atoms with Crippen molar-refractivity contribution in [1.82, 2.24) is 5.32 Å². The lowest BCUT2D eigenvalue weighted by atomic mass is 10.2. The van der Waals surface area contributed by atoms with Gasteiger partial charge in [0.15, 0.2) is 0 Å². The van der Waals surface area contributed by atoms with Crippen LogP contribution in [0.15, 0.2) is 0 Å². The van der Waals surface area contributed by atoms with Crippen molar-refractivity contribution in [2.45, 2.75) is 32.8 Å². The minimum atomic E-state index is -0.127. The summed E-state index contributed by atoms with van der Waals surface area (Å²) in [5.74, 6) is -0.205. The molecule has 0 aliphatic carbocycles. The number of nitrogens with one attached hydrogen (secondary N) is 1. The zero-order valence-electron chi connectivity index (χ0n) is 9.62. The SMILES string of the molecule is CCOC(=O)C(C)CNCC1CCCO1. The van der Waals surface area contributed by atoms with Crippen molar-refractivity contribution in [3.63, 3.8) is 0 Å². The van der Waals surface area contributed by atoms with Crippen molar-refractivity contribution in [2.24, 2.45) is 5.92 Å². The van der Waals surface area contributed by atoms with Crippen LogP contribution in [0.4, 0.5) is 0 Å². The van der Waals surface area contributed by atoms with Crippen molar-refractivity contribution < 1.29 is 14.3 Å². The van der Waals surface area contributed by atoms with Crippen LogP contribution in [0.1, 0.15) is 26.7 Å². The monoisotopic (exact) mass is 215 g/mol. The van der Waals surface area contributed by atoms with Crippen LogP contribution >= 0.6 is 0 Å². The van der Waals surface area contributed by atoms with Crippen LogP contribution in [-0.2, 0) is 14.3 Å². The van der Waals surface area contributed by atoms with Gasteiger partial charge in [0, 0.05) is 19.7 Å². The molecule has 2 atom stereocenters. The van der Waals surface area contributed by atoms with E-state index in [0.29, 0.717) is 19.3 Å². The fourth-order valence-electron chi connectivity index (χ4n) is 1.63. The Hall–Kier alpha value is -0.610. The predicted octanol–water partition coefficient (Wildman–Crippen LogP) is 0.954. The Kier molecular flexibility index (Phi) is 5.65. The highest BCUT2D eigenvalue weighted by molar-refractivity contribution is 5.72. The van der Waals surface area contributed by atoms with Crippen molar-refractivity contribution in [1.29, 1.82) is 0 Å². The second-order valence-electron chi connectivity index (χ2n) is 3.95. The summed E-state index contributed by atoms with van der Waals surface area (Å²) in [6.45, 7) is 6.53. The first-order valence-corrected chi connectivity index (χ1v) is 5.73. The van der Waals surface area contributed by atoms with Gasteiger partial charge in [-0.1, -0.05) is 6.92 Å². The van der Waals surface area contributed by atoms with Gasteiger partial charge in [-0.3, -0.25) is 4.79 Å². The van der Waals surface area contributed by atoms with Gasteiger partial charge in [0.1, 0.15) is 0 Å². The molecule has 0 saturated carbocycles. The molecular weight excluding hydrogens is 194 g/mol. The summed E-state index contributed by atoms with van der Waals surface area (Å²) < 4.78 is 10.4. The third-order valence-electron chi connectivity index (χ3n) is 2.54. The van der Waals surface area contributed by atoms with Crippen LogP contribution in [0.25, 0.3) is 0 Å². The molecule has 0 spiro atoms. The molecule has 0 bridgehead atoms. The number of rotatable bonds is 6. The van der Waals surface area contributed by atoms with Crippen molar-refractivity contribution in [2.75, 3.05) is 26.3 Å². The van der Waals surface area contributed by atoms with Crippen LogP contribution in [-0.4, -0.2) is 38.4 Å². The van der Waals surface area contributed by atoms with E-state index in [0.717, 1.165) is 26.0 Å². The highest BCUT2D eigenvalue weighted by Crippen LogP contribution is 2.10. The molecule has 88 valence electrons. The first-order valence-electron chi connectivity index (χ1n) is 5.73. The minimum Gasteiger partial charge on any atom is -0.466 e. The van der Waals surface area contributed by atoms with Crippen LogP contribution in [0.2, 0.25) is 0 Å². The van der Waals surface area contributed by atoms with E-state index in [1.807, 2.05) is 13.8 Å². The molecular formula is C11H21NO3. The normalized spacial score (nSPS) is 22.7. The molecule has 0 aromatic heterocycles. The summed E-state index contributed by atoms with van der Waals surface area (Å²) in [5, 5.41) is 3.24. The molecule has 1 saturated heterocycles. The Labute approximate surface area is 91.3 Å². The van der Waals surface area contributed by atoms with Crippen LogP contribution in [0.3, 0.4) is 0 Å². The second kappa shape index (κ2) is 6.80. The van der Waals surface area contributed by atoms with Crippen LogP contribution < -0.4 is 5.32 Å². The molecule has 4 heteroatoms. The van der Waals surface area contributed by atoms with E-state index in [-0.39, 0.29) is 11.9 Å². The third-order valence-corrected chi connectivity index (χ3v) is 2.54. The number of ether oxygens (including phenoxy) is 2. The Bertz CT molecular complexity index is 190. The number of carbonyl (C=O) groups is 1. The first-order chi connectivity index (χ1) is 7.24. The van der Waals surface area contributed by atoms with Crippen LogP contribution in [0, 0.1) is 5.92 Å². The fraction of sp³-hybridized carbons (Fsp3) is 0.909. The Balaban J connectivity index is 2.05. The molecule has 1 aliphatic rings. The van der Waals surface area contributed by atoms with Crippen molar-refractivity contribution in [3.8, 4) is 0 Å². The Morgan fingerprint density at radius 3 is 3.07 bits per heavy atom. The lowest BCUT2D eigenvalue weighted by Crippen LogP contribution is -2.33. The third kappa shape index (κ3) is 4.62. The Morgan fingerprint density at radius 1 is 1.67 bits per heavy atom. The summed E-state index contributed by atoms with van der Waals surface area (Å²) >= 11 is 0. The standard InChI is InChI=1S/C11H21NO3/c1-3-14-11(13)9(2)7-12-8-10-5-4-6-15-10/h9-10,12H,3-8H2,1-2H3. The minimum absolute atomic E-state index is 0.0775. The molecule has 0 aromatic rings. The fourth-order valence-corrected chi connectivity index (χ4v) is 1.63. The zero-order chi connectivity index (χ0) is 11.1. The van der Waals surface area contributed by atoms with Gasteiger partial charge in [0.05, 0.1) is 18.6 Å². The topological polar surface area (TPSA) is 47.6 Å². The van der Waals surface area contributed by atoms with E-state index in [1.54, 1.807) is 0 Å². The average Bonchev–Trinajstić information content (AvgIpc) is 2.71. The lowest BCUT2D eigenvalue weighted by Gasteiger charge is -2.14. The van der Waals surface area contributed by atoms with Gasteiger partial charge in [-0.2, -0.15) is 0 Å². The number of carbonyl (C=O) groups excluding carboxylic acids is 1.